The van der Waals surface area contributed by atoms with E-state index in [1.54, 1.807) is 18.2 Å². The molecule has 0 spiro atoms. The minimum Gasteiger partial charge on any atom is -0.496 e. The maximum Gasteiger partial charge on any atom is 0.342 e. The first-order valence-corrected chi connectivity index (χ1v) is 7.64. The van der Waals surface area contributed by atoms with Crippen molar-refractivity contribution in [3.8, 4) is 5.75 Å². The minimum absolute atomic E-state index is 0.299. The highest BCUT2D eigenvalue weighted by Gasteiger charge is 2.21. The molecule has 1 N–H and O–H groups in total. The molecule has 0 saturated carbocycles. The number of carbonyl (C=O) groups excluding carboxylic acids is 2. The molecule has 0 bridgehead atoms. The van der Waals surface area contributed by atoms with Gasteiger partial charge < -0.3 is 14.8 Å². The number of rotatable bonds is 5. The Labute approximate surface area is 141 Å². The average molecular weight is 327 g/mol. The van der Waals surface area contributed by atoms with Crippen LogP contribution in [0.5, 0.6) is 5.75 Å². The summed E-state index contributed by atoms with van der Waals surface area (Å²) in [6, 6.07) is 12.6. The predicted octanol–water partition coefficient (Wildman–Crippen LogP) is 3.50. The van der Waals surface area contributed by atoms with Gasteiger partial charge in [-0.1, -0.05) is 23.8 Å². The highest BCUT2D eigenvalue weighted by atomic mass is 16.5. The molecule has 5 nitrogen and oxygen atoms in total. The molecule has 0 aliphatic rings. The van der Waals surface area contributed by atoms with Crippen molar-refractivity contribution in [2.24, 2.45) is 0 Å². The molecule has 0 unspecified atom stereocenters. The van der Waals surface area contributed by atoms with Crippen molar-refractivity contribution in [2.75, 3.05) is 12.4 Å². The van der Waals surface area contributed by atoms with Crippen molar-refractivity contribution in [2.45, 2.75) is 26.9 Å². The van der Waals surface area contributed by atoms with Crippen molar-refractivity contribution < 1.29 is 19.1 Å². The first-order valence-electron chi connectivity index (χ1n) is 7.64. The molecule has 2 aromatic carbocycles. The first-order chi connectivity index (χ1) is 11.4. The molecule has 1 amide bonds. The number of anilines is 1. The second-order valence-corrected chi connectivity index (χ2v) is 5.61. The zero-order valence-electron chi connectivity index (χ0n) is 14.3. The van der Waals surface area contributed by atoms with E-state index in [0.29, 0.717) is 17.0 Å². The van der Waals surface area contributed by atoms with Gasteiger partial charge in [0.2, 0.25) is 0 Å². The fourth-order valence-corrected chi connectivity index (χ4v) is 2.23. The van der Waals surface area contributed by atoms with Gasteiger partial charge in [-0.3, -0.25) is 4.79 Å². The lowest BCUT2D eigenvalue weighted by atomic mass is 10.1. The van der Waals surface area contributed by atoms with Crippen molar-refractivity contribution >= 4 is 17.6 Å². The van der Waals surface area contributed by atoms with Crippen LogP contribution in [0, 0.1) is 13.8 Å². The summed E-state index contributed by atoms with van der Waals surface area (Å²) >= 11 is 0. The molecule has 0 saturated heterocycles. The molecule has 0 heterocycles. The van der Waals surface area contributed by atoms with Gasteiger partial charge in [0.05, 0.1) is 7.11 Å². The Hall–Kier alpha value is -2.82. The maximum absolute atomic E-state index is 12.3. The van der Waals surface area contributed by atoms with E-state index in [-0.39, 0.29) is 5.91 Å². The summed E-state index contributed by atoms with van der Waals surface area (Å²) in [6.45, 7) is 5.33. The van der Waals surface area contributed by atoms with Gasteiger partial charge in [-0.05, 0) is 50.6 Å². The van der Waals surface area contributed by atoms with Crippen LogP contribution in [0.3, 0.4) is 0 Å². The monoisotopic (exact) mass is 327 g/mol. The van der Waals surface area contributed by atoms with Crippen molar-refractivity contribution in [3.63, 3.8) is 0 Å². The Morgan fingerprint density at radius 1 is 1.04 bits per heavy atom. The Morgan fingerprint density at radius 3 is 2.42 bits per heavy atom. The molecule has 2 aromatic rings. The van der Waals surface area contributed by atoms with E-state index in [1.807, 2.05) is 38.1 Å². The third-order valence-corrected chi connectivity index (χ3v) is 3.51. The smallest absolute Gasteiger partial charge is 0.342 e. The van der Waals surface area contributed by atoms with E-state index in [0.717, 1.165) is 11.1 Å². The van der Waals surface area contributed by atoms with Crippen molar-refractivity contribution in [1.29, 1.82) is 0 Å². The summed E-state index contributed by atoms with van der Waals surface area (Å²) in [5, 5.41) is 2.73. The summed E-state index contributed by atoms with van der Waals surface area (Å²) in [7, 11) is 1.48. The van der Waals surface area contributed by atoms with E-state index in [2.05, 4.69) is 5.32 Å². The number of aryl methyl sites for hydroxylation is 2. The Morgan fingerprint density at radius 2 is 1.75 bits per heavy atom. The van der Waals surface area contributed by atoms with Gasteiger partial charge in [-0.25, -0.2) is 4.79 Å². The number of methoxy groups -OCH3 is 1. The van der Waals surface area contributed by atoms with Crippen LogP contribution < -0.4 is 10.1 Å². The average Bonchev–Trinajstić information content (AvgIpc) is 2.54. The topological polar surface area (TPSA) is 64.6 Å². The van der Waals surface area contributed by atoms with E-state index in [9.17, 15) is 9.59 Å². The number of hydrogen-bond acceptors (Lipinski definition) is 4. The summed E-state index contributed by atoms with van der Waals surface area (Å²) in [5.74, 6) is -0.570. The number of nitrogens with one attached hydrogen (secondary N) is 1. The second-order valence-electron chi connectivity index (χ2n) is 5.61. The van der Waals surface area contributed by atoms with Gasteiger partial charge in [-0.15, -0.1) is 0 Å². The van der Waals surface area contributed by atoms with Crippen LogP contribution >= 0.6 is 0 Å². The first kappa shape index (κ1) is 17.5. The second kappa shape index (κ2) is 7.64. The van der Waals surface area contributed by atoms with Gasteiger partial charge in [0, 0.05) is 5.69 Å². The lowest BCUT2D eigenvalue weighted by Gasteiger charge is -2.15. The van der Waals surface area contributed by atoms with E-state index in [4.69, 9.17) is 9.47 Å². The number of amides is 1. The Balaban J connectivity index is 2.06. The molecule has 0 aliphatic carbocycles. The van der Waals surface area contributed by atoms with Crippen LogP contribution in [0.25, 0.3) is 0 Å². The molecule has 24 heavy (non-hydrogen) atoms. The van der Waals surface area contributed by atoms with Gasteiger partial charge in [-0.2, -0.15) is 0 Å². The number of carbonyl (C=O) groups is 2. The minimum atomic E-state index is -0.928. The summed E-state index contributed by atoms with van der Waals surface area (Å²) in [5.41, 5.74) is 2.89. The molecular formula is C19H21NO4. The fourth-order valence-electron chi connectivity index (χ4n) is 2.23. The van der Waals surface area contributed by atoms with Crippen LogP contribution in [0.1, 0.15) is 28.4 Å². The molecule has 1 atom stereocenters. The molecule has 0 aliphatic heterocycles. The number of benzene rings is 2. The molecule has 2 rings (SSSR count). The van der Waals surface area contributed by atoms with Crippen LogP contribution in [-0.4, -0.2) is 25.1 Å². The normalized spacial score (nSPS) is 11.5. The number of ether oxygens (including phenoxy) is 2. The van der Waals surface area contributed by atoms with Crippen LogP contribution in [-0.2, 0) is 9.53 Å². The van der Waals surface area contributed by atoms with Crippen LogP contribution in [0.4, 0.5) is 5.69 Å². The van der Waals surface area contributed by atoms with Gasteiger partial charge in [0.1, 0.15) is 11.3 Å². The van der Waals surface area contributed by atoms with Gasteiger partial charge in [0.15, 0.2) is 6.10 Å². The molecule has 0 radical (unpaired) electrons. The highest BCUT2D eigenvalue weighted by molar-refractivity contribution is 5.98. The summed E-state index contributed by atoms with van der Waals surface area (Å²) in [4.78, 5) is 24.5. The fraction of sp³-hybridized carbons (Fsp3) is 0.263. The van der Waals surface area contributed by atoms with E-state index < -0.39 is 12.1 Å². The SMILES string of the molecule is COc1ccc(C)cc1C(=O)O[C@@H](C)C(=O)Nc1cccc(C)c1. The van der Waals surface area contributed by atoms with Crippen molar-refractivity contribution in [1.82, 2.24) is 0 Å². The molecule has 0 fully saturated rings. The lowest BCUT2D eigenvalue weighted by Crippen LogP contribution is -2.30. The molecular weight excluding hydrogens is 306 g/mol. The summed E-state index contributed by atoms with van der Waals surface area (Å²) < 4.78 is 10.4. The third-order valence-electron chi connectivity index (χ3n) is 3.51. The molecule has 5 heteroatoms. The zero-order valence-corrected chi connectivity index (χ0v) is 14.3. The van der Waals surface area contributed by atoms with E-state index in [1.165, 1.54) is 14.0 Å². The molecule has 126 valence electrons. The molecule has 0 aromatic heterocycles. The Bertz CT molecular complexity index is 755. The Kier molecular flexibility index (Phi) is 5.58. The van der Waals surface area contributed by atoms with Crippen LogP contribution in [0.15, 0.2) is 42.5 Å². The largest absolute Gasteiger partial charge is 0.496 e. The highest BCUT2D eigenvalue weighted by Crippen LogP contribution is 2.21. The zero-order chi connectivity index (χ0) is 17.7. The predicted molar refractivity (Wildman–Crippen MR) is 92.4 cm³/mol. The maximum atomic E-state index is 12.3. The lowest BCUT2D eigenvalue weighted by molar-refractivity contribution is -0.123. The third kappa shape index (κ3) is 4.35. The van der Waals surface area contributed by atoms with Crippen molar-refractivity contribution in [3.05, 3.63) is 59.2 Å². The van der Waals surface area contributed by atoms with Gasteiger partial charge in [0.25, 0.3) is 5.91 Å². The number of hydrogen-bond donors (Lipinski definition) is 1. The standard InChI is InChI=1S/C19H21NO4/c1-12-6-5-7-15(10-12)20-18(21)14(3)24-19(22)16-11-13(2)8-9-17(16)23-4/h5-11,14H,1-4H3,(H,20,21)/t14-/m0/s1. The number of esters is 1. The van der Waals surface area contributed by atoms with Crippen LogP contribution in [0.2, 0.25) is 0 Å². The quantitative estimate of drug-likeness (QED) is 0.854. The van der Waals surface area contributed by atoms with Gasteiger partial charge >= 0.3 is 5.97 Å². The summed E-state index contributed by atoms with van der Waals surface area (Å²) in [6.07, 6.45) is -0.928. The van der Waals surface area contributed by atoms with E-state index >= 15 is 0 Å².